The van der Waals surface area contributed by atoms with Crippen LogP contribution in [0.5, 0.6) is 5.75 Å². The summed E-state index contributed by atoms with van der Waals surface area (Å²) in [5.74, 6) is -1.67. The topological polar surface area (TPSA) is 64.3 Å². The standard InChI is InChI=1S/C12H16F2N2O2/c1-7(15)12(17)16-4-3-8-5-10(14)11(18-2)6-9(8)13/h5-7H,3-4,15H2,1-2H3,(H,16,17). The van der Waals surface area contributed by atoms with Crippen LogP contribution in [0.15, 0.2) is 12.1 Å². The summed E-state index contributed by atoms with van der Waals surface area (Å²) >= 11 is 0. The molecule has 0 aliphatic heterocycles. The molecule has 0 aliphatic carbocycles. The molecule has 6 heteroatoms. The Morgan fingerprint density at radius 1 is 1.44 bits per heavy atom. The SMILES string of the molecule is COc1cc(F)c(CCNC(=O)C(C)N)cc1F. The van der Waals surface area contributed by atoms with Crippen molar-refractivity contribution in [3.05, 3.63) is 29.3 Å². The lowest BCUT2D eigenvalue weighted by Gasteiger charge is -2.09. The lowest BCUT2D eigenvalue weighted by atomic mass is 10.1. The summed E-state index contributed by atoms with van der Waals surface area (Å²) in [5.41, 5.74) is 5.52. The van der Waals surface area contributed by atoms with Gasteiger partial charge in [-0.25, -0.2) is 8.78 Å². The van der Waals surface area contributed by atoms with Crippen molar-refractivity contribution in [2.24, 2.45) is 5.73 Å². The van der Waals surface area contributed by atoms with Gasteiger partial charge < -0.3 is 15.8 Å². The third-order valence-electron chi connectivity index (χ3n) is 2.43. The van der Waals surface area contributed by atoms with Crippen LogP contribution < -0.4 is 15.8 Å². The summed E-state index contributed by atoms with van der Waals surface area (Å²) in [7, 11) is 1.26. The molecule has 0 saturated carbocycles. The molecule has 0 aliphatic rings. The number of methoxy groups -OCH3 is 1. The monoisotopic (exact) mass is 258 g/mol. The molecule has 1 amide bonds. The van der Waals surface area contributed by atoms with Crippen molar-refractivity contribution in [2.75, 3.05) is 13.7 Å². The molecule has 0 saturated heterocycles. The van der Waals surface area contributed by atoms with E-state index in [1.165, 1.54) is 7.11 Å². The number of benzene rings is 1. The predicted molar refractivity (Wildman–Crippen MR) is 63.3 cm³/mol. The van der Waals surface area contributed by atoms with Crippen molar-refractivity contribution in [3.8, 4) is 5.75 Å². The summed E-state index contributed by atoms with van der Waals surface area (Å²) < 4.78 is 31.5. The van der Waals surface area contributed by atoms with E-state index in [9.17, 15) is 13.6 Å². The summed E-state index contributed by atoms with van der Waals surface area (Å²) in [6.45, 7) is 1.74. The summed E-state index contributed by atoms with van der Waals surface area (Å²) in [4.78, 5) is 11.2. The lowest BCUT2D eigenvalue weighted by Crippen LogP contribution is -2.39. The number of carbonyl (C=O) groups excluding carboxylic acids is 1. The molecule has 1 rings (SSSR count). The summed E-state index contributed by atoms with van der Waals surface area (Å²) in [5, 5.41) is 2.52. The Bertz CT molecular complexity index is 436. The molecule has 1 atom stereocenters. The first kappa shape index (κ1) is 14.4. The second-order valence-corrected chi connectivity index (χ2v) is 3.91. The Balaban J connectivity index is 2.63. The molecular weight excluding hydrogens is 242 g/mol. The number of halogens is 2. The summed E-state index contributed by atoms with van der Waals surface area (Å²) in [6.07, 6.45) is 0.186. The van der Waals surface area contributed by atoms with Crippen LogP contribution in [0.25, 0.3) is 0 Å². The molecule has 0 spiro atoms. The van der Waals surface area contributed by atoms with E-state index in [4.69, 9.17) is 5.73 Å². The van der Waals surface area contributed by atoms with Gasteiger partial charge in [-0.1, -0.05) is 0 Å². The molecule has 1 unspecified atom stereocenters. The van der Waals surface area contributed by atoms with E-state index in [0.29, 0.717) is 0 Å². The first-order chi connectivity index (χ1) is 8.45. The highest BCUT2D eigenvalue weighted by molar-refractivity contribution is 5.80. The van der Waals surface area contributed by atoms with E-state index < -0.39 is 17.7 Å². The number of hydrogen-bond donors (Lipinski definition) is 2. The average Bonchev–Trinajstić information content (AvgIpc) is 2.32. The fraction of sp³-hybridized carbons (Fsp3) is 0.417. The predicted octanol–water partition coefficient (Wildman–Crippen LogP) is 0.979. The molecule has 0 bridgehead atoms. The van der Waals surface area contributed by atoms with Crippen molar-refractivity contribution in [2.45, 2.75) is 19.4 Å². The van der Waals surface area contributed by atoms with Crippen LogP contribution in [0.1, 0.15) is 12.5 Å². The molecular formula is C12H16F2N2O2. The first-order valence-corrected chi connectivity index (χ1v) is 5.51. The van der Waals surface area contributed by atoms with Crippen LogP contribution in [0.4, 0.5) is 8.78 Å². The molecule has 18 heavy (non-hydrogen) atoms. The van der Waals surface area contributed by atoms with Gasteiger partial charge in [-0.2, -0.15) is 0 Å². The number of ether oxygens (including phenoxy) is 1. The Morgan fingerprint density at radius 3 is 2.67 bits per heavy atom. The minimum absolute atomic E-state index is 0.143. The largest absolute Gasteiger partial charge is 0.494 e. The van der Waals surface area contributed by atoms with Gasteiger partial charge in [0.2, 0.25) is 5.91 Å². The van der Waals surface area contributed by atoms with Crippen LogP contribution in [-0.2, 0) is 11.2 Å². The second-order valence-electron chi connectivity index (χ2n) is 3.91. The van der Waals surface area contributed by atoms with Gasteiger partial charge in [0.05, 0.1) is 13.2 Å². The van der Waals surface area contributed by atoms with Crippen molar-refractivity contribution in [1.29, 1.82) is 0 Å². The van der Waals surface area contributed by atoms with Crippen molar-refractivity contribution >= 4 is 5.91 Å². The third kappa shape index (κ3) is 3.66. The lowest BCUT2D eigenvalue weighted by molar-refractivity contribution is -0.121. The average molecular weight is 258 g/mol. The molecule has 100 valence electrons. The number of hydrogen-bond acceptors (Lipinski definition) is 3. The Hall–Kier alpha value is -1.69. The molecule has 0 radical (unpaired) electrons. The fourth-order valence-electron chi connectivity index (χ4n) is 1.40. The van der Waals surface area contributed by atoms with E-state index in [2.05, 4.69) is 10.1 Å². The van der Waals surface area contributed by atoms with Crippen LogP contribution in [0, 0.1) is 11.6 Å². The van der Waals surface area contributed by atoms with Gasteiger partial charge >= 0.3 is 0 Å². The van der Waals surface area contributed by atoms with Gasteiger partial charge in [0.15, 0.2) is 11.6 Å². The molecule has 4 nitrogen and oxygen atoms in total. The first-order valence-electron chi connectivity index (χ1n) is 5.51. The van der Waals surface area contributed by atoms with Gasteiger partial charge in [0.25, 0.3) is 0 Å². The smallest absolute Gasteiger partial charge is 0.236 e. The highest BCUT2D eigenvalue weighted by Gasteiger charge is 2.11. The quantitative estimate of drug-likeness (QED) is 0.827. The maximum absolute atomic E-state index is 13.5. The fourth-order valence-corrected chi connectivity index (χ4v) is 1.40. The van der Waals surface area contributed by atoms with Gasteiger partial charge in [-0.05, 0) is 25.0 Å². The number of amides is 1. The van der Waals surface area contributed by atoms with E-state index >= 15 is 0 Å². The highest BCUT2D eigenvalue weighted by atomic mass is 19.1. The molecule has 0 fully saturated rings. The van der Waals surface area contributed by atoms with Crippen LogP contribution >= 0.6 is 0 Å². The van der Waals surface area contributed by atoms with Gasteiger partial charge in [-0.15, -0.1) is 0 Å². The Kier molecular flexibility index (Phi) is 5.03. The van der Waals surface area contributed by atoms with E-state index in [-0.39, 0.29) is 30.2 Å². The highest BCUT2D eigenvalue weighted by Crippen LogP contribution is 2.21. The van der Waals surface area contributed by atoms with Crippen LogP contribution in [-0.4, -0.2) is 25.6 Å². The maximum atomic E-state index is 13.5. The number of nitrogens with two attached hydrogens (primary N) is 1. The van der Waals surface area contributed by atoms with Crippen molar-refractivity contribution in [3.63, 3.8) is 0 Å². The van der Waals surface area contributed by atoms with Crippen LogP contribution in [0.2, 0.25) is 0 Å². The molecule has 0 heterocycles. The van der Waals surface area contributed by atoms with Gasteiger partial charge in [0.1, 0.15) is 5.82 Å². The molecule has 3 N–H and O–H groups in total. The zero-order chi connectivity index (χ0) is 13.7. The van der Waals surface area contributed by atoms with E-state index in [1.54, 1.807) is 6.92 Å². The number of carbonyl (C=O) groups is 1. The summed E-state index contributed by atoms with van der Waals surface area (Å²) in [6, 6.07) is 1.42. The third-order valence-corrected chi connectivity index (χ3v) is 2.43. The molecule has 1 aromatic carbocycles. The van der Waals surface area contributed by atoms with Gasteiger partial charge in [-0.3, -0.25) is 4.79 Å². The zero-order valence-corrected chi connectivity index (χ0v) is 10.3. The number of rotatable bonds is 5. The molecule has 0 aromatic heterocycles. The van der Waals surface area contributed by atoms with E-state index in [1.807, 2.05) is 0 Å². The van der Waals surface area contributed by atoms with Gasteiger partial charge in [0, 0.05) is 12.6 Å². The van der Waals surface area contributed by atoms with E-state index in [0.717, 1.165) is 12.1 Å². The van der Waals surface area contributed by atoms with Crippen molar-refractivity contribution in [1.82, 2.24) is 5.32 Å². The number of nitrogens with one attached hydrogen (secondary N) is 1. The Morgan fingerprint density at radius 2 is 2.11 bits per heavy atom. The van der Waals surface area contributed by atoms with Crippen molar-refractivity contribution < 1.29 is 18.3 Å². The molecule has 1 aromatic rings. The second kappa shape index (κ2) is 6.30. The minimum atomic E-state index is -0.632. The zero-order valence-electron chi connectivity index (χ0n) is 10.3. The normalized spacial score (nSPS) is 12.1. The van der Waals surface area contributed by atoms with Crippen LogP contribution in [0.3, 0.4) is 0 Å². The Labute approximate surface area is 104 Å². The maximum Gasteiger partial charge on any atom is 0.236 e. The minimum Gasteiger partial charge on any atom is -0.494 e.